The van der Waals surface area contributed by atoms with Crippen molar-refractivity contribution < 1.29 is 19.0 Å². The van der Waals surface area contributed by atoms with Gasteiger partial charge in [-0.2, -0.15) is 0 Å². The van der Waals surface area contributed by atoms with E-state index in [9.17, 15) is 14.3 Å². The van der Waals surface area contributed by atoms with Crippen molar-refractivity contribution in [2.24, 2.45) is 0 Å². The number of carboxylic acids is 1. The van der Waals surface area contributed by atoms with Gasteiger partial charge in [-0.1, -0.05) is 23.2 Å². The maximum atomic E-state index is 14.3. The van der Waals surface area contributed by atoms with Crippen LogP contribution in [0.3, 0.4) is 0 Å². The maximum absolute atomic E-state index is 14.3. The minimum Gasteiger partial charge on any atom is -0.478 e. The topological polar surface area (TPSA) is 49.8 Å². The molecule has 1 saturated carbocycles. The Labute approximate surface area is 179 Å². The van der Waals surface area contributed by atoms with Crippen LogP contribution in [0.25, 0.3) is 0 Å². The Hall–Kier alpha value is -1.66. The smallest absolute Gasteiger partial charge is 0.338 e. The molecule has 7 heteroatoms. The highest BCUT2D eigenvalue weighted by Crippen LogP contribution is 2.42. The van der Waals surface area contributed by atoms with Gasteiger partial charge >= 0.3 is 5.97 Å². The number of aromatic carboxylic acids is 1. The van der Waals surface area contributed by atoms with Crippen LogP contribution in [0.15, 0.2) is 30.3 Å². The van der Waals surface area contributed by atoms with Crippen LogP contribution in [0.5, 0.6) is 0 Å². The Morgan fingerprint density at radius 2 is 1.90 bits per heavy atom. The average molecular weight is 438 g/mol. The number of nitrogens with zero attached hydrogens (tertiary/aromatic N) is 1. The molecule has 0 bridgehead atoms. The molecule has 0 aromatic heterocycles. The summed E-state index contributed by atoms with van der Waals surface area (Å²) in [5.41, 5.74) is 2.62. The van der Waals surface area contributed by atoms with Crippen molar-refractivity contribution in [3.63, 3.8) is 0 Å². The van der Waals surface area contributed by atoms with E-state index in [-0.39, 0.29) is 11.7 Å². The third-order valence-corrected chi connectivity index (χ3v) is 5.92. The minimum atomic E-state index is -1.22. The van der Waals surface area contributed by atoms with E-state index in [1.54, 1.807) is 6.07 Å². The van der Waals surface area contributed by atoms with Crippen molar-refractivity contribution in [3.05, 3.63) is 68.4 Å². The predicted octanol–water partition coefficient (Wildman–Crippen LogP) is 5.15. The second-order valence-corrected chi connectivity index (χ2v) is 8.69. The predicted molar refractivity (Wildman–Crippen MR) is 111 cm³/mol. The number of carbonyl (C=O) groups is 1. The Kier molecular flexibility index (Phi) is 6.11. The molecule has 1 N–H and O–H groups in total. The highest BCUT2D eigenvalue weighted by Gasteiger charge is 2.30. The molecular formula is C22H22Cl2FNO3. The normalized spacial score (nSPS) is 20.0. The van der Waals surface area contributed by atoms with Crippen molar-refractivity contribution in [2.75, 3.05) is 19.7 Å². The number of hydrogen-bond acceptors (Lipinski definition) is 3. The lowest BCUT2D eigenvalue weighted by atomic mass is 9.98. The summed E-state index contributed by atoms with van der Waals surface area (Å²) in [7, 11) is 0. The maximum Gasteiger partial charge on any atom is 0.338 e. The fraction of sp³-hybridized carbons (Fsp3) is 0.409. The summed E-state index contributed by atoms with van der Waals surface area (Å²) in [4.78, 5) is 13.5. The first-order valence-electron chi connectivity index (χ1n) is 9.73. The van der Waals surface area contributed by atoms with Gasteiger partial charge in [0.15, 0.2) is 0 Å². The Morgan fingerprint density at radius 1 is 1.17 bits per heavy atom. The third-order valence-electron chi connectivity index (χ3n) is 5.48. The van der Waals surface area contributed by atoms with Gasteiger partial charge < -0.3 is 9.84 Å². The summed E-state index contributed by atoms with van der Waals surface area (Å²) in [5.74, 6) is -1.55. The SMILES string of the molecule is O=C(O)c1cc(C2CC2)c(CN2CCO[C@H](Cc3cc(Cl)cc(Cl)c3)C2)cc1F. The van der Waals surface area contributed by atoms with Crippen molar-refractivity contribution >= 4 is 29.2 Å². The number of ether oxygens (including phenoxy) is 1. The molecule has 4 rings (SSSR count). The summed E-state index contributed by atoms with van der Waals surface area (Å²) < 4.78 is 20.2. The summed E-state index contributed by atoms with van der Waals surface area (Å²) >= 11 is 12.2. The molecule has 2 aromatic rings. The van der Waals surface area contributed by atoms with Crippen molar-refractivity contribution in [2.45, 2.75) is 37.8 Å². The number of benzene rings is 2. The van der Waals surface area contributed by atoms with Gasteiger partial charge in [0.25, 0.3) is 0 Å². The van der Waals surface area contributed by atoms with E-state index >= 15 is 0 Å². The van der Waals surface area contributed by atoms with Gasteiger partial charge in [0.2, 0.25) is 0 Å². The monoisotopic (exact) mass is 437 g/mol. The van der Waals surface area contributed by atoms with Crippen LogP contribution in [-0.4, -0.2) is 41.8 Å². The molecule has 4 nitrogen and oxygen atoms in total. The van der Waals surface area contributed by atoms with Crippen LogP contribution < -0.4 is 0 Å². The van der Waals surface area contributed by atoms with Crippen LogP contribution in [0.2, 0.25) is 10.0 Å². The van der Waals surface area contributed by atoms with Crippen LogP contribution in [0.4, 0.5) is 4.39 Å². The fourth-order valence-electron chi connectivity index (χ4n) is 3.99. The average Bonchev–Trinajstić information content (AvgIpc) is 3.46. The zero-order chi connectivity index (χ0) is 20.5. The second kappa shape index (κ2) is 8.60. The van der Waals surface area contributed by atoms with E-state index in [0.29, 0.717) is 42.1 Å². The highest BCUT2D eigenvalue weighted by molar-refractivity contribution is 6.34. The highest BCUT2D eigenvalue weighted by atomic mass is 35.5. The van der Waals surface area contributed by atoms with E-state index in [2.05, 4.69) is 4.90 Å². The number of halogens is 3. The molecule has 0 unspecified atom stereocenters. The van der Waals surface area contributed by atoms with Gasteiger partial charge in [-0.25, -0.2) is 9.18 Å². The lowest BCUT2D eigenvalue weighted by Gasteiger charge is -2.33. The molecule has 2 fully saturated rings. The number of carboxylic acid groups (broad SMARTS) is 1. The largest absolute Gasteiger partial charge is 0.478 e. The molecule has 1 heterocycles. The van der Waals surface area contributed by atoms with Gasteiger partial charge in [-0.15, -0.1) is 0 Å². The minimum absolute atomic E-state index is 0.00852. The molecule has 154 valence electrons. The Morgan fingerprint density at radius 3 is 2.55 bits per heavy atom. The number of morpholine rings is 1. The van der Waals surface area contributed by atoms with Gasteiger partial charge in [0.1, 0.15) is 5.82 Å². The number of hydrogen-bond donors (Lipinski definition) is 1. The van der Waals surface area contributed by atoms with Gasteiger partial charge in [0.05, 0.1) is 18.3 Å². The van der Waals surface area contributed by atoms with Gasteiger partial charge in [0, 0.05) is 29.7 Å². The molecule has 0 radical (unpaired) electrons. The van der Waals surface area contributed by atoms with Gasteiger partial charge in [-0.3, -0.25) is 4.90 Å². The summed E-state index contributed by atoms with van der Waals surface area (Å²) in [6, 6.07) is 8.41. The fourth-order valence-corrected chi connectivity index (χ4v) is 4.56. The van der Waals surface area contributed by atoms with Crippen LogP contribution in [0.1, 0.15) is 45.8 Å². The summed E-state index contributed by atoms with van der Waals surface area (Å²) in [6.07, 6.45) is 2.74. The molecule has 1 saturated heterocycles. The van der Waals surface area contributed by atoms with E-state index in [0.717, 1.165) is 36.1 Å². The lowest BCUT2D eigenvalue weighted by molar-refractivity contribution is -0.0305. The lowest BCUT2D eigenvalue weighted by Crippen LogP contribution is -2.43. The summed E-state index contributed by atoms with van der Waals surface area (Å²) in [5, 5.41) is 10.4. The molecule has 29 heavy (non-hydrogen) atoms. The molecule has 2 aromatic carbocycles. The first-order chi connectivity index (χ1) is 13.9. The van der Waals surface area contributed by atoms with E-state index in [1.165, 1.54) is 12.1 Å². The molecule has 2 aliphatic rings. The Bertz CT molecular complexity index is 912. The zero-order valence-electron chi connectivity index (χ0n) is 15.8. The standard InChI is InChI=1S/C22H22Cl2FNO3/c23-16-5-13(6-17(24)9-16)7-18-12-26(3-4-29-18)11-15-8-21(25)20(22(27)28)10-19(15)14-1-2-14/h5-6,8-10,14,18H,1-4,7,11-12H2,(H,27,28)/t18-/m1/s1. The molecule has 0 spiro atoms. The Balaban J connectivity index is 1.48. The quantitative estimate of drug-likeness (QED) is 0.678. The van der Waals surface area contributed by atoms with Crippen LogP contribution in [0, 0.1) is 5.82 Å². The number of rotatable bonds is 6. The van der Waals surface area contributed by atoms with Crippen molar-refractivity contribution in [1.82, 2.24) is 4.90 Å². The van der Waals surface area contributed by atoms with E-state index < -0.39 is 11.8 Å². The van der Waals surface area contributed by atoms with Crippen molar-refractivity contribution in [1.29, 1.82) is 0 Å². The van der Waals surface area contributed by atoms with Crippen LogP contribution in [-0.2, 0) is 17.7 Å². The van der Waals surface area contributed by atoms with Gasteiger partial charge in [-0.05, 0) is 72.2 Å². The second-order valence-electron chi connectivity index (χ2n) is 7.82. The van der Waals surface area contributed by atoms with Crippen molar-refractivity contribution in [3.8, 4) is 0 Å². The third kappa shape index (κ3) is 5.10. The first kappa shape index (κ1) is 20.6. The molecular weight excluding hydrogens is 416 g/mol. The molecule has 1 aliphatic heterocycles. The van der Waals surface area contributed by atoms with E-state index in [4.69, 9.17) is 27.9 Å². The van der Waals surface area contributed by atoms with E-state index in [1.807, 2.05) is 12.1 Å². The van der Waals surface area contributed by atoms with Crippen LogP contribution >= 0.6 is 23.2 Å². The summed E-state index contributed by atoms with van der Waals surface area (Å²) in [6.45, 7) is 2.63. The molecule has 1 aliphatic carbocycles. The first-order valence-corrected chi connectivity index (χ1v) is 10.5. The zero-order valence-corrected chi connectivity index (χ0v) is 17.3. The molecule has 0 amide bonds. The molecule has 1 atom stereocenters.